The Morgan fingerprint density at radius 2 is 0.878 bits per heavy atom. The van der Waals surface area contributed by atoms with Crippen LogP contribution in [0, 0.1) is 23.3 Å². The van der Waals surface area contributed by atoms with E-state index in [9.17, 15) is 9.59 Å². The monoisotopic (exact) mass is 1020 g/mol. The molecule has 0 saturated heterocycles. The molecule has 0 radical (unpaired) electrons. The highest BCUT2D eigenvalue weighted by Gasteiger charge is 2.42. The van der Waals surface area contributed by atoms with Crippen LogP contribution in [0.2, 0.25) is 0 Å². The van der Waals surface area contributed by atoms with Crippen LogP contribution in [0.4, 0.5) is 29.5 Å². The molecule has 0 amide bonds. The Labute approximate surface area is 420 Å². The van der Waals surface area contributed by atoms with Crippen molar-refractivity contribution < 1.29 is 45.3 Å². The third-order valence-electron chi connectivity index (χ3n) is 11.8. The van der Waals surface area contributed by atoms with Crippen LogP contribution in [-0.2, 0) is 18.1 Å². The zero-order valence-electron chi connectivity index (χ0n) is 40.5. The maximum Gasteiger partial charge on any atom is 0.476 e. The molecule has 0 saturated carbocycles. The summed E-state index contributed by atoms with van der Waals surface area (Å²) < 4.78 is 101. The summed E-state index contributed by atoms with van der Waals surface area (Å²) >= 11 is 0. The Morgan fingerprint density at radius 1 is 0.527 bits per heavy atom. The van der Waals surface area contributed by atoms with Gasteiger partial charge in [-0.1, -0.05) is 60.7 Å². The normalized spacial score (nSPS) is 12.5. The zero-order valence-corrected chi connectivity index (χ0v) is 41.4. The van der Waals surface area contributed by atoms with Crippen molar-refractivity contribution in [2.75, 3.05) is 11.5 Å². The van der Waals surface area contributed by atoms with Crippen molar-refractivity contribution in [2.24, 2.45) is 0 Å². The third-order valence-corrected chi connectivity index (χ3v) is 13.8. The topological polar surface area (TPSA) is 192 Å². The number of rotatable bonds is 10. The number of halogens is 4. The standard InChI is InChI=1S/C55H45F4N8O6P/c1-54(2,3)72-74(70,73-55(4,5)6)71-49(37-23-43(58)41(56)21-35(37)29-15-17-45-39(19-29)47(64-52(60)62-45)50(68)66-25-31-11-7-8-12-32(31)26-66)38-24-44(59)42(57)22-36(38)30-16-18-46-40(20-30)48(65-53(61)63-46)51(69)67-27-33-13-9-10-14-34(33)28-67/h7-28,49H,1-6H3,(H2,60,62,64)(H2,61,63,65). The molecule has 0 bridgehead atoms. The number of aromatic nitrogens is 6. The molecule has 4 N–H and O–H groups in total. The molecule has 14 nitrogen and oxygen atoms in total. The van der Waals surface area contributed by atoms with E-state index >= 15 is 22.1 Å². The Morgan fingerprint density at radius 3 is 1.23 bits per heavy atom. The van der Waals surface area contributed by atoms with Gasteiger partial charge in [-0.2, -0.15) is 0 Å². The van der Waals surface area contributed by atoms with E-state index < -0.39 is 60.2 Å². The van der Waals surface area contributed by atoms with Gasteiger partial charge in [0.1, 0.15) is 17.5 Å². The van der Waals surface area contributed by atoms with Crippen LogP contribution in [0.25, 0.3) is 65.6 Å². The maximum atomic E-state index is 16.1. The van der Waals surface area contributed by atoms with Gasteiger partial charge in [-0.15, -0.1) is 0 Å². The highest BCUT2D eigenvalue weighted by molar-refractivity contribution is 7.48. The summed E-state index contributed by atoms with van der Waals surface area (Å²) in [6, 6.07) is 26.7. The lowest BCUT2D eigenvalue weighted by molar-refractivity contribution is -0.00587. The number of carbonyl (C=O) groups excluding carboxylic acids is 2. The molecule has 10 rings (SSSR count). The third kappa shape index (κ3) is 9.75. The molecule has 4 aromatic heterocycles. The summed E-state index contributed by atoms with van der Waals surface area (Å²) in [5, 5.41) is 3.38. The predicted molar refractivity (Wildman–Crippen MR) is 274 cm³/mol. The van der Waals surface area contributed by atoms with E-state index in [1.54, 1.807) is 66.3 Å². The highest BCUT2D eigenvalue weighted by atomic mass is 31.2. The fourth-order valence-corrected chi connectivity index (χ4v) is 10.8. The Bertz CT molecular complexity index is 3680. The number of nitrogen functional groups attached to an aromatic ring is 2. The van der Waals surface area contributed by atoms with Gasteiger partial charge >= 0.3 is 7.82 Å². The molecule has 19 heteroatoms. The van der Waals surface area contributed by atoms with Crippen molar-refractivity contribution in [3.63, 3.8) is 0 Å². The van der Waals surface area contributed by atoms with Gasteiger partial charge in [0, 0.05) is 35.6 Å². The summed E-state index contributed by atoms with van der Waals surface area (Å²) in [5.74, 6) is -7.10. The average molecular weight is 1020 g/mol. The van der Waals surface area contributed by atoms with Crippen LogP contribution in [0.5, 0.6) is 0 Å². The first-order chi connectivity index (χ1) is 35.0. The summed E-state index contributed by atoms with van der Waals surface area (Å²) in [7, 11) is -4.95. The summed E-state index contributed by atoms with van der Waals surface area (Å²) in [6.07, 6.45) is 4.54. The number of benzene rings is 6. The van der Waals surface area contributed by atoms with Crippen LogP contribution in [-0.4, -0.2) is 52.1 Å². The van der Waals surface area contributed by atoms with Crippen molar-refractivity contribution in [3.8, 4) is 22.3 Å². The number of phosphoric ester groups is 1. The first-order valence-electron chi connectivity index (χ1n) is 23.1. The van der Waals surface area contributed by atoms with Crippen molar-refractivity contribution in [1.29, 1.82) is 0 Å². The van der Waals surface area contributed by atoms with E-state index in [1.165, 1.54) is 45.5 Å². The number of nitrogens with zero attached hydrogens (tertiary/aromatic N) is 6. The molecule has 374 valence electrons. The van der Waals surface area contributed by atoms with Crippen LogP contribution in [0.3, 0.4) is 0 Å². The number of hydrogen-bond acceptors (Lipinski definition) is 12. The molecular formula is C55H45F4N8O6P. The smallest absolute Gasteiger partial charge is 0.368 e. The van der Waals surface area contributed by atoms with Gasteiger partial charge in [0.25, 0.3) is 11.8 Å². The van der Waals surface area contributed by atoms with Gasteiger partial charge < -0.3 is 11.5 Å². The first-order valence-corrected chi connectivity index (χ1v) is 24.5. The van der Waals surface area contributed by atoms with Crippen LogP contribution >= 0.6 is 7.82 Å². The Kier molecular flexibility index (Phi) is 12.3. The van der Waals surface area contributed by atoms with E-state index in [0.29, 0.717) is 0 Å². The lowest BCUT2D eigenvalue weighted by Crippen LogP contribution is -2.26. The summed E-state index contributed by atoms with van der Waals surface area (Å²) in [6.45, 7) is 9.47. The lowest BCUT2D eigenvalue weighted by Gasteiger charge is -2.34. The summed E-state index contributed by atoms with van der Waals surface area (Å²) in [5.41, 5.74) is 9.36. The van der Waals surface area contributed by atoms with Crippen molar-refractivity contribution in [2.45, 2.75) is 58.8 Å². The fourth-order valence-electron chi connectivity index (χ4n) is 8.80. The van der Waals surface area contributed by atoms with Crippen LogP contribution < -0.4 is 11.5 Å². The molecule has 6 aromatic carbocycles. The first kappa shape index (κ1) is 49.4. The lowest BCUT2D eigenvalue weighted by atomic mass is 9.87. The molecule has 4 heterocycles. The minimum absolute atomic E-state index is 0.119. The van der Waals surface area contributed by atoms with E-state index in [-0.39, 0.29) is 78.5 Å². The van der Waals surface area contributed by atoms with E-state index in [4.69, 9.17) is 25.0 Å². The number of anilines is 2. The van der Waals surface area contributed by atoms with E-state index in [1.807, 2.05) is 48.5 Å². The molecule has 0 unspecified atom stereocenters. The molecular weight excluding hydrogens is 976 g/mol. The summed E-state index contributed by atoms with van der Waals surface area (Å²) in [4.78, 5) is 45.9. The fraction of sp³-hybridized carbons (Fsp3) is 0.164. The van der Waals surface area contributed by atoms with Gasteiger partial charge in [-0.05, 0) is 145 Å². The molecule has 10 aromatic rings. The number of phosphoric acid groups is 1. The molecule has 0 aliphatic rings. The van der Waals surface area contributed by atoms with Crippen molar-refractivity contribution in [3.05, 3.63) is 180 Å². The Balaban J connectivity index is 1.20. The molecule has 0 aliphatic heterocycles. The quantitative estimate of drug-likeness (QED) is 0.0974. The maximum absolute atomic E-state index is 16.1. The van der Waals surface area contributed by atoms with Crippen molar-refractivity contribution >= 4 is 74.9 Å². The Hall–Kier alpha value is -8.15. The molecule has 0 spiro atoms. The zero-order chi connectivity index (χ0) is 52.6. The molecule has 0 atom stereocenters. The van der Waals surface area contributed by atoms with Gasteiger partial charge in [-0.25, -0.2) is 42.1 Å². The van der Waals surface area contributed by atoms with Crippen LogP contribution in [0.1, 0.15) is 79.8 Å². The van der Waals surface area contributed by atoms with Gasteiger partial charge in [-0.3, -0.25) is 32.3 Å². The van der Waals surface area contributed by atoms with Gasteiger partial charge in [0.2, 0.25) is 11.9 Å². The van der Waals surface area contributed by atoms with Gasteiger partial charge in [0.15, 0.2) is 23.3 Å². The highest BCUT2D eigenvalue weighted by Crippen LogP contribution is 2.60. The second kappa shape index (κ2) is 18.4. The second-order valence-corrected chi connectivity index (χ2v) is 21.0. The van der Waals surface area contributed by atoms with E-state index in [0.717, 1.165) is 45.8 Å². The molecule has 74 heavy (non-hydrogen) atoms. The van der Waals surface area contributed by atoms with Gasteiger partial charge in [0.05, 0.1) is 22.2 Å². The minimum Gasteiger partial charge on any atom is -0.368 e. The SMILES string of the molecule is CC(C)(C)OP(=O)(OC(c1cc(F)c(F)cc1-c1ccc2nc(N)nc(C(=O)n3cc4ccccc4c3)c2c1)c1cc(F)c(F)cc1-c1ccc2nc(N)nc(C(=O)n3cc4ccccc4c3)c2c1)OC(C)(C)C. The minimum atomic E-state index is -4.95. The van der Waals surface area contributed by atoms with E-state index in [2.05, 4.69) is 19.9 Å². The number of hydrogen-bond donors (Lipinski definition) is 2. The molecule has 0 aliphatic carbocycles. The van der Waals surface area contributed by atoms with Crippen molar-refractivity contribution in [1.82, 2.24) is 29.1 Å². The number of carbonyl (C=O) groups is 2. The average Bonchev–Trinajstić information content (AvgIpc) is 3.98. The van der Waals surface area contributed by atoms with Crippen LogP contribution in [0.15, 0.2) is 134 Å². The second-order valence-electron chi connectivity index (χ2n) is 19.6. The number of nitrogens with two attached hydrogens (primary N) is 2. The largest absolute Gasteiger partial charge is 0.476 e. The molecule has 0 fully saturated rings. The predicted octanol–water partition coefficient (Wildman–Crippen LogP) is 12.8. The number of fused-ring (bicyclic) bond motifs is 4.